The lowest BCUT2D eigenvalue weighted by Gasteiger charge is -2.28. The maximum Gasteiger partial charge on any atom is 0.397 e. The molecule has 3 rings (SSSR count). The molecule has 27 heavy (non-hydrogen) atoms. The van der Waals surface area contributed by atoms with E-state index in [2.05, 4.69) is 31.0 Å². The standard InChI is InChI=1S/C22H24F3N2/c1-13-9-14(2)15(3)18(10-13)20-17-8-7-16(21(4,5)22(23,24)25)11-19(17)26-12-27(20)6/h7-12H,1-6H3/q+1. The lowest BCUT2D eigenvalue weighted by molar-refractivity contribution is -0.662. The molecule has 0 radical (unpaired) electrons. The largest absolute Gasteiger partial charge is 0.397 e. The quantitative estimate of drug-likeness (QED) is 0.543. The van der Waals surface area contributed by atoms with Crippen molar-refractivity contribution in [3.05, 3.63) is 58.9 Å². The van der Waals surface area contributed by atoms with E-state index < -0.39 is 11.6 Å². The number of halogens is 3. The summed E-state index contributed by atoms with van der Waals surface area (Å²) in [5, 5.41) is 0.842. The monoisotopic (exact) mass is 373 g/mol. The fourth-order valence-electron chi connectivity index (χ4n) is 3.41. The van der Waals surface area contributed by atoms with Crippen molar-refractivity contribution in [3.63, 3.8) is 0 Å². The van der Waals surface area contributed by atoms with E-state index >= 15 is 0 Å². The Bertz CT molecular complexity index is 1030. The second-order valence-electron chi connectivity index (χ2n) is 7.81. The first-order valence-corrected chi connectivity index (χ1v) is 8.87. The number of benzene rings is 2. The van der Waals surface area contributed by atoms with E-state index in [1.54, 1.807) is 24.5 Å². The second kappa shape index (κ2) is 6.32. The molecule has 0 fully saturated rings. The topological polar surface area (TPSA) is 16.8 Å². The van der Waals surface area contributed by atoms with Crippen LogP contribution < -0.4 is 4.57 Å². The smallest absolute Gasteiger partial charge is 0.232 e. The van der Waals surface area contributed by atoms with Crippen LogP contribution in [0.15, 0.2) is 36.7 Å². The third-order valence-corrected chi connectivity index (χ3v) is 5.47. The summed E-state index contributed by atoms with van der Waals surface area (Å²) in [6.45, 7) is 8.58. The Morgan fingerprint density at radius 1 is 0.963 bits per heavy atom. The lowest BCUT2D eigenvalue weighted by atomic mass is 9.83. The average Bonchev–Trinajstić information content (AvgIpc) is 2.57. The molecule has 5 heteroatoms. The molecule has 0 unspecified atom stereocenters. The second-order valence-corrected chi connectivity index (χ2v) is 7.81. The first-order valence-electron chi connectivity index (χ1n) is 8.87. The molecule has 0 bridgehead atoms. The molecule has 0 amide bonds. The molecule has 3 aromatic rings. The maximum atomic E-state index is 13.4. The van der Waals surface area contributed by atoms with E-state index in [1.165, 1.54) is 19.4 Å². The highest BCUT2D eigenvalue weighted by Gasteiger charge is 2.48. The Morgan fingerprint density at radius 2 is 1.63 bits per heavy atom. The van der Waals surface area contributed by atoms with Crippen LogP contribution in [0.4, 0.5) is 13.2 Å². The molecule has 0 aliphatic carbocycles. The molecular weight excluding hydrogens is 349 g/mol. The van der Waals surface area contributed by atoms with Crippen molar-refractivity contribution in [3.8, 4) is 11.3 Å². The van der Waals surface area contributed by atoms with Crippen LogP contribution in [0.1, 0.15) is 36.1 Å². The minimum absolute atomic E-state index is 0.215. The van der Waals surface area contributed by atoms with E-state index in [0.717, 1.165) is 27.8 Å². The molecule has 0 saturated carbocycles. The third-order valence-electron chi connectivity index (χ3n) is 5.47. The van der Waals surface area contributed by atoms with Crippen LogP contribution >= 0.6 is 0 Å². The summed E-state index contributed by atoms with van der Waals surface area (Å²) in [6, 6.07) is 9.14. The summed E-state index contributed by atoms with van der Waals surface area (Å²) in [7, 11) is 1.91. The number of alkyl halides is 3. The molecule has 2 aromatic carbocycles. The fourth-order valence-corrected chi connectivity index (χ4v) is 3.41. The molecule has 2 nitrogen and oxygen atoms in total. The number of hydrogen-bond acceptors (Lipinski definition) is 1. The van der Waals surface area contributed by atoms with Gasteiger partial charge in [-0.05, 0) is 74.5 Å². The molecule has 1 aromatic heterocycles. The van der Waals surface area contributed by atoms with Crippen LogP contribution in [-0.2, 0) is 12.5 Å². The van der Waals surface area contributed by atoms with Crippen LogP contribution in [0.5, 0.6) is 0 Å². The minimum atomic E-state index is -4.33. The van der Waals surface area contributed by atoms with Crippen LogP contribution in [0.3, 0.4) is 0 Å². The summed E-state index contributed by atoms with van der Waals surface area (Å²) in [6.07, 6.45) is -2.66. The van der Waals surface area contributed by atoms with Crippen molar-refractivity contribution in [2.24, 2.45) is 7.05 Å². The van der Waals surface area contributed by atoms with Gasteiger partial charge in [0.15, 0.2) is 5.52 Å². The van der Waals surface area contributed by atoms with Crippen molar-refractivity contribution in [1.29, 1.82) is 0 Å². The highest BCUT2D eigenvalue weighted by molar-refractivity contribution is 5.92. The van der Waals surface area contributed by atoms with Gasteiger partial charge in [-0.25, -0.2) is 4.57 Å². The predicted octanol–water partition coefficient (Wildman–Crippen LogP) is 5.49. The van der Waals surface area contributed by atoms with E-state index in [1.807, 2.05) is 18.5 Å². The Kier molecular flexibility index (Phi) is 4.53. The predicted molar refractivity (Wildman–Crippen MR) is 102 cm³/mol. The van der Waals surface area contributed by atoms with Gasteiger partial charge in [0.2, 0.25) is 0 Å². The first-order chi connectivity index (χ1) is 12.4. The number of nitrogens with zero attached hydrogens (tertiary/aromatic N) is 2. The summed E-state index contributed by atoms with van der Waals surface area (Å²) in [5.74, 6) is 0. The summed E-state index contributed by atoms with van der Waals surface area (Å²) >= 11 is 0. The third kappa shape index (κ3) is 3.20. The van der Waals surface area contributed by atoms with Gasteiger partial charge in [0.05, 0.1) is 17.8 Å². The van der Waals surface area contributed by atoms with Crippen LogP contribution in [0.25, 0.3) is 22.2 Å². The normalized spacial score (nSPS) is 12.6. The molecule has 0 aliphatic rings. The first kappa shape index (κ1) is 19.3. The SMILES string of the molecule is Cc1cc(C)c(C)c(-c2c3ccc(C(C)(C)C(F)(F)F)cc3nc[n+]2C)c1. The minimum Gasteiger partial charge on any atom is -0.232 e. The molecule has 0 N–H and O–H groups in total. The summed E-state index contributed by atoms with van der Waals surface area (Å²) in [5.41, 5.74) is 4.37. The van der Waals surface area contributed by atoms with Gasteiger partial charge in [-0.3, -0.25) is 0 Å². The van der Waals surface area contributed by atoms with Crippen LogP contribution in [-0.4, -0.2) is 11.2 Å². The summed E-state index contributed by atoms with van der Waals surface area (Å²) in [4.78, 5) is 4.39. The molecular formula is C22H24F3N2+. The molecule has 0 aliphatic heterocycles. The zero-order valence-electron chi connectivity index (χ0n) is 16.5. The number of rotatable bonds is 2. The van der Waals surface area contributed by atoms with E-state index in [-0.39, 0.29) is 5.56 Å². The van der Waals surface area contributed by atoms with Gasteiger partial charge in [0.25, 0.3) is 6.33 Å². The average molecular weight is 373 g/mol. The fraction of sp³-hybridized carbons (Fsp3) is 0.364. The van der Waals surface area contributed by atoms with Gasteiger partial charge in [-0.15, -0.1) is 0 Å². The lowest BCUT2D eigenvalue weighted by Crippen LogP contribution is -2.36. The van der Waals surface area contributed by atoms with E-state index in [0.29, 0.717) is 5.52 Å². The van der Waals surface area contributed by atoms with Crippen molar-refractivity contribution >= 4 is 10.9 Å². The van der Waals surface area contributed by atoms with Crippen molar-refractivity contribution in [1.82, 2.24) is 4.98 Å². The van der Waals surface area contributed by atoms with Gasteiger partial charge in [-0.1, -0.05) is 17.7 Å². The van der Waals surface area contributed by atoms with E-state index in [4.69, 9.17) is 0 Å². The Balaban J connectivity index is 2.30. The number of aryl methyl sites for hydroxylation is 3. The van der Waals surface area contributed by atoms with E-state index in [9.17, 15) is 13.2 Å². The molecule has 0 atom stereocenters. The van der Waals surface area contributed by atoms with Crippen LogP contribution in [0, 0.1) is 20.8 Å². The molecule has 0 spiro atoms. The summed E-state index contributed by atoms with van der Waals surface area (Å²) < 4.78 is 42.3. The maximum absolute atomic E-state index is 13.4. The van der Waals surface area contributed by atoms with Crippen LogP contribution in [0.2, 0.25) is 0 Å². The molecule has 0 saturated heterocycles. The Labute approximate surface area is 157 Å². The molecule has 142 valence electrons. The highest BCUT2D eigenvalue weighted by atomic mass is 19.4. The molecule has 1 heterocycles. The number of hydrogen-bond donors (Lipinski definition) is 0. The zero-order valence-corrected chi connectivity index (χ0v) is 16.5. The van der Waals surface area contributed by atoms with Gasteiger partial charge in [-0.2, -0.15) is 13.2 Å². The highest BCUT2D eigenvalue weighted by Crippen LogP contribution is 2.41. The zero-order chi connectivity index (χ0) is 20.1. The number of fused-ring (bicyclic) bond motifs is 1. The van der Waals surface area contributed by atoms with Gasteiger partial charge in [0, 0.05) is 5.56 Å². The van der Waals surface area contributed by atoms with Gasteiger partial charge >= 0.3 is 6.18 Å². The van der Waals surface area contributed by atoms with Gasteiger partial charge < -0.3 is 0 Å². The Hall–Kier alpha value is -2.43. The van der Waals surface area contributed by atoms with Crippen molar-refractivity contribution < 1.29 is 17.7 Å². The van der Waals surface area contributed by atoms with Crippen molar-refractivity contribution in [2.45, 2.75) is 46.2 Å². The Morgan fingerprint density at radius 3 is 2.26 bits per heavy atom. The van der Waals surface area contributed by atoms with Crippen molar-refractivity contribution in [2.75, 3.05) is 0 Å². The van der Waals surface area contributed by atoms with Gasteiger partial charge in [0.1, 0.15) is 5.69 Å². The number of aromatic nitrogens is 2.